The van der Waals surface area contributed by atoms with Crippen LogP contribution in [0.3, 0.4) is 0 Å². The van der Waals surface area contributed by atoms with Crippen molar-refractivity contribution in [2.24, 2.45) is 0 Å². The van der Waals surface area contributed by atoms with Crippen molar-refractivity contribution in [1.29, 1.82) is 0 Å². The molecule has 304 valence electrons. The summed E-state index contributed by atoms with van der Waals surface area (Å²) in [5, 5.41) is 7.35. The van der Waals surface area contributed by atoms with Gasteiger partial charge in [0.05, 0.1) is 22.1 Å². The number of hydrogen-bond acceptors (Lipinski definition) is 1. The van der Waals surface area contributed by atoms with Gasteiger partial charge in [0.2, 0.25) is 0 Å². The van der Waals surface area contributed by atoms with E-state index in [1.165, 1.54) is 82.3 Å². The van der Waals surface area contributed by atoms with Gasteiger partial charge in [-0.25, -0.2) is 0 Å². The second-order valence-corrected chi connectivity index (χ2v) is 17.2. The van der Waals surface area contributed by atoms with E-state index in [1.807, 2.05) is 0 Å². The van der Waals surface area contributed by atoms with E-state index >= 15 is 0 Å². The van der Waals surface area contributed by atoms with E-state index < -0.39 is 5.41 Å². The van der Waals surface area contributed by atoms with Gasteiger partial charge in [-0.15, -0.1) is 0 Å². The molecular formula is C63H42N2. The van der Waals surface area contributed by atoms with Crippen molar-refractivity contribution in [3.63, 3.8) is 0 Å². The van der Waals surface area contributed by atoms with Crippen molar-refractivity contribution in [1.82, 2.24) is 4.57 Å². The molecule has 12 aromatic rings. The quantitative estimate of drug-likeness (QED) is 0.155. The van der Waals surface area contributed by atoms with E-state index in [1.54, 1.807) is 0 Å². The molecule has 1 aliphatic rings. The molecule has 0 radical (unpaired) electrons. The molecule has 0 bridgehead atoms. The fraction of sp³-hybridized carbons (Fsp3) is 0.0159. The molecule has 13 rings (SSSR count). The van der Waals surface area contributed by atoms with Gasteiger partial charge in [0.15, 0.2) is 0 Å². The predicted octanol–water partition coefficient (Wildman–Crippen LogP) is 16.6. The van der Waals surface area contributed by atoms with Crippen LogP contribution in [0.2, 0.25) is 0 Å². The number of rotatable bonds is 7. The summed E-state index contributed by atoms with van der Waals surface area (Å²) in [7, 11) is 0. The van der Waals surface area contributed by atoms with Crippen LogP contribution in [0, 0.1) is 0 Å². The van der Waals surface area contributed by atoms with Crippen LogP contribution in [0.1, 0.15) is 22.3 Å². The van der Waals surface area contributed by atoms with E-state index in [-0.39, 0.29) is 0 Å². The number of aromatic nitrogens is 1. The third-order valence-corrected chi connectivity index (χ3v) is 13.8. The molecule has 0 saturated heterocycles. The Kier molecular flexibility index (Phi) is 8.47. The van der Waals surface area contributed by atoms with Crippen LogP contribution < -0.4 is 4.90 Å². The Morgan fingerprint density at radius 1 is 0.369 bits per heavy atom. The lowest BCUT2D eigenvalue weighted by atomic mass is 9.68. The summed E-state index contributed by atoms with van der Waals surface area (Å²) in [5.41, 5.74) is 16.3. The Bertz CT molecular complexity index is 3720. The number of hydrogen-bond donors (Lipinski definition) is 0. The second kappa shape index (κ2) is 14.8. The minimum Gasteiger partial charge on any atom is -0.310 e. The highest BCUT2D eigenvalue weighted by molar-refractivity contribution is 6.25. The number of nitrogens with zero attached hydrogens (tertiary/aromatic N) is 2. The first-order valence-corrected chi connectivity index (χ1v) is 22.5. The lowest BCUT2D eigenvalue weighted by molar-refractivity contribution is 0.768. The second-order valence-electron chi connectivity index (χ2n) is 17.2. The van der Waals surface area contributed by atoms with Crippen LogP contribution in [0.4, 0.5) is 17.1 Å². The van der Waals surface area contributed by atoms with Crippen LogP contribution in [-0.2, 0) is 5.41 Å². The van der Waals surface area contributed by atoms with Gasteiger partial charge < -0.3 is 9.47 Å². The number of fused-ring (bicyclic) bond motifs is 9. The molecule has 0 aliphatic heterocycles. The lowest BCUT2D eigenvalue weighted by Crippen LogP contribution is -2.28. The Labute approximate surface area is 378 Å². The maximum Gasteiger partial charge on any atom is 0.0714 e. The molecule has 0 spiro atoms. The van der Waals surface area contributed by atoms with Crippen molar-refractivity contribution in [2.45, 2.75) is 5.41 Å². The van der Waals surface area contributed by atoms with Gasteiger partial charge in [-0.2, -0.15) is 0 Å². The normalized spacial score (nSPS) is 12.7. The van der Waals surface area contributed by atoms with E-state index in [4.69, 9.17) is 0 Å². The third kappa shape index (κ3) is 5.60. The number of para-hydroxylation sites is 2. The van der Waals surface area contributed by atoms with Crippen molar-refractivity contribution < 1.29 is 0 Å². The standard InChI is InChI=1S/C63H42N2/c1-5-23-47(24-6-1)63(48-25-7-2-8-26-48)56-33-18-17-32-53(56)61-57(63)34-19-35-59(61)64(49-27-9-3-10-28-49)51-38-39-58-55(42-51)60-54(46-37-36-43-20-13-14-21-44(43)40-46)41-45-22-15-16-31-52(45)62(60)65(58)50-29-11-4-12-30-50/h1-42H. The van der Waals surface area contributed by atoms with Crippen LogP contribution in [0.15, 0.2) is 255 Å². The van der Waals surface area contributed by atoms with Gasteiger partial charge in [0.25, 0.3) is 0 Å². The first kappa shape index (κ1) is 37.1. The summed E-state index contributed by atoms with van der Waals surface area (Å²) >= 11 is 0. The van der Waals surface area contributed by atoms with Crippen molar-refractivity contribution in [2.75, 3.05) is 4.90 Å². The summed E-state index contributed by atoms with van der Waals surface area (Å²) < 4.78 is 2.48. The van der Waals surface area contributed by atoms with Crippen LogP contribution in [-0.4, -0.2) is 4.57 Å². The fourth-order valence-electron chi connectivity index (χ4n) is 11.1. The first-order valence-electron chi connectivity index (χ1n) is 22.5. The molecule has 0 atom stereocenters. The smallest absolute Gasteiger partial charge is 0.0714 e. The molecule has 0 amide bonds. The molecule has 11 aromatic carbocycles. The molecule has 1 aromatic heterocycles. The minimum atomic E-state index is -0.518. The molecule has 1 aliphatic carbocycles. The summed E-state index contributed by atoms with van der Waals surface area (Å²) in [4.78, 5) is 2.49. The summed E-state index contributed by atoms with van der Waals surface area (Å²) in [6.45, 7) is 0. The van der Waals surface area contributed by atoms with E-state index in [0.717, 1.165) is 28.3 Å². The highest BCUT2D eigenvalue weighted by Gasteiger charge is 2.47. The highest BCUT2D eigenvalue weighted by Crippen LogP contribution is 2.59. The fourth-order valence-corrected chi connectivity index (χ4v) is 11.1. The Morgan fingerprint density at radius 3 is 1.74 bits per heavy atom. The number of anilines is 3. The van der Waals surface area contributed by atoms with E-state index in [9.17, 15) is 0 Å². The highest BCUT2D eigenvalue weighted by atomic mass is 15.1. The van der Waals surface area contributed by atoms with Gasteiger partial charge in [0.1, 0.15) is 0 Å². The molecule has 0 N–H and O–H groups in total. The average molecular weight is 827 g/mol. The van der Waals surface area contributed by atoms with Crippen molar-refractivity contribution >= 4 is 60.4 Å². The Morgan fingerprint density at radius 2 is 0.985 bits per heavy atom. The van der Waals surface area contributed by atoms with Gasteiger partial charge in [-0.05, 0) is 116 Å². The van der Waals surface area contributed by atoms with Gasteiger partial charge in [-0.3, -0.25) is 0 Å². The predicted molar refractivity (Wildman–Crippen MR) is 273 cm³/mol. The van der Waals surface area contributed by atoms with Crippen molar-refractivity contribution in [3.05, 3.63) is 277 Å². The van der Waals surface area contributed by atoms with Gasteiger partial charge >= 0.3 is 0 Å². The number of benzene rings is 11. The molecule has 1 heterocycles. The largest absolute Gasteiger partial charge is 0.310 e. The molecule has 0 fully saturated rings. The van der Waals surface area contributed by atoms with E-state index in [0.29, 0.717) is 0 Å². The zero-order valence-corrected chi connectivity index (χ0v) is 35.6. The average Bonchev–Trinajstić information content (AvgIpc) is 3.89. The Hall–Kier alpha value is -8.46. The zero-order valence-electron chi connectivity index (χ0n) is 35.6. The van der Waals surface area contributed by atoms with Crippen LogP contribution in [0.25, 0.3) is 71.3 Å². The zero-order chi connectivity index (χ0) is 42.9. The SMILES string of the molecule is c1ccc(N(c2ccc3c(c2)c2c(-c4ccc5ccccc5c4)cc4ccccc4c2n3-c2ccccc2)c2cccc3c2-c2ccccc2C3(c2ccccc2)c2ccccc2)cc1. The van der Waals surface area contributed by atoms with Crippen molar-refractivity contribution in [3.8, 4) is 27.9 Å². The topological polar surface area (TPSA) is 8.17 Å². The summed E-state index contributed by atoms with van der Waals surface area (Å²) in [5.74, 6) is 0. The Balaban J connectivity index is 1.14. The third-order valence-electron chi connectivity index (χ3n) is 13.8. The molecular weight excluding hydrogens is 785 g/mol. The van der Waals surface area contributed by atoms with E-state index in [2.05, 4.69) is 264 Å². The molecule has 2 heteroatoms. The molecule has 0 unspecified atom stereocenters. The molecule has 65 heavy (non-hydrogen) atoms. The minimum absolute atomic E-state index is 0.518. The van der Waals surface area contributed by atoms with Crippen LogP contribution >= 0.6 is 0 Å². The lowest BCUT2D eigenvalue weighted by Gasteiger charge is -2.34. The van der Waals surface area contributed by atoms with Crippen LogP contribution in [0.5, 0.6) is 0 Å². The maximum atomic E-state index is 2.49. The maximum absolute atomic E-state index is 2.49. The van der Waals surface area contributed by atoms with Gasteiger partial charge in [-0.1, -0.05) is 194 Å². The molecule has 2 nitrogen and oxygen atoms in total. The van der Waals surface area contributed by atoms with Gasteiger partial charge in [0, 0.05) is 38.8 Å². The summed E-state index contributed by atoms with van der Waals surface area (Å²) in [6, 6.07) is 93.9. The monoisotopic (exact) mass is 826 g/mol. The summed E-state index contributed by atoms with van der Waals surface area (Å²) in [6.07, 6.45) is 0. The molecule has 0 saturated carbocycles. The first-order chi connectivity index (χ1) is 32.3.